The maximum atomic E-state index is 12.4. The second-order valence-electron chi connectivity index (χ2n) is 6.75. The van der Waals surface area contributed by atoms with Gasteiger partial charge < -0.3 is 25.0 Å². The number of hydrogen-bond acceptors (Lipinski definition) is 8. The minimum Gasteiger partial charge on any atom is -0.381 e. The molecule has 10 heteroatoms. The third kappa shape index (κ3) is 3.37. The van der Waals surface area contributed by atoms with Crippen molar-refractivity contribution in [2.75, 3.05) is 52.9 Å². The number of urea groups is 1. The Balaban J connectivity index is 1.95. The van der Waals surface area contributed by atoms with Gasteiger partial charge in [-0.05, 0) is 0 Å². The normalized spacial score (nSPS) is 38.3. The molecule has 3 rings (SSSR count). The average Bonchev–Trinajstić information content (AvgIpc) is 2.64. The predicted molar refractivity (Wildman–Crippen MR) is 85.4 cm³/mol. The fourth-order valence-electron chi connectivity index (χ4n) is 3.94. The van der Waals surface area contributed by atoms with Crippen molar-refractivity contribution in [2.24, 2.45) is 5.92 Å². The van der Waals surface area contributed by atoms with E-state index < -0.39 is 35.6 Å². The number of amides is 3. The monoisotopic (exact) mass is 358 g/mol. The maximum Gasteiger partial charge on any atom is 0.322 e. The van der Waals surface area contributed by atoms with Crippen LogP contribution >= 0.6 is 0 Å². The molecule has 0 bridgehead atoms. The summed E-state index contributed by atoms with van der Waals surface area (Å²) in [7, 11) is 0. The van der Waals surface area contributed by atoms with E-state index >= 15 is 0 Å². The standard InChI is InChI=1S/C15H26N4O6/c1-10-13(22)16-14(23)17-15(10,11-6-18(8-20)2-4-24-11)12-7-19(9-21)3-5-25-12/h10-12,20-21H,2-9H2,1H3,(H2,16,17,22,23). The van der Waals surface area contributed by atoms with Crippen molar-refractivity contribution in [3.8, 4) is 0 Å². The van der Waals surface area contributed by atoms with Crippen molar-refractivity contribution in [1.29, 1.82) is 0 Å². The molecule has 3 unspecified atom stereocenters. The van der Waals surface area contributed by atoms with Crippen molar-refractivity contribution in [3.63, 3.8) is 0 Å². The topological polar surface area (TPSA) is 124 Å². The highest BCUT2D eigenvalue weighted by Gasteiger charge is 2.58. The van der Waals surface area contributed by atoms with Crippen molar-refractivity contribution in [3.05, 3.63) is 0 Å². The third-order valence-corrected chi connectivity index (χ3v) is 5.44. The number of carbonyl (C=O) groups excluding carboxylic acids is 2. The summed E-state index contributed by atoms with van der Waals surface area (Å²) in [5.74, 6) is -0.990. The van der Waals surface area contributed by atoms with E-state index in [9.17, 15) is 19.8 Å². The summed E-state index contributed by atoms with van der Waals surface area (Å²) >= 11 is 0. The Morgan fingerprint density at radius 3 is 2.08 bits per heavy atom. The molecule has 3 amide bonds. The van der Waals surface area contributed by atoms with Crippen molar-refractivity contribution >= 4 is 11.9 Å². The van der Waals surface area contributed by atoms with Crippen LogP contribution in [0.5, 0.6) is 0 Å². The highest BCUT2D eigenvalue weighted by molar-refractivity contribution is 5.99. The largest absolute Gasteiger partial charge is 0.381 e. The molecule has 10 nitrogen and oxygen atoms in total. The summed E-state index contributed by atoms with van der Waals surface area (Å²) in [6.07, 6.45) is -1.05. The lowest BCUT2D eigenvalue weighted by molar-refractivity contribution is -0.176. The van der Waals surface area contributed by atoms with Gasteiger partial charge in [-0.15, -0.1) is 0 Å². The van der Waals surface area contributed by atoms with Gasteiger partial charge in [0.2, 0.25) is 5.91 Å². The predicted octanol–water partition coefficient (Wildman–Crippen LogP) is -2.50. The Bertz CT molecular complexity index is 494. The number of aliphatic hydroxyl groups is 2. The summed E-state index contributed by atoms with van der Waals surface area (Å²) in [5.41, 5.74) is -1.08. The number of nitrogens with one attached hydrogen (secondary N) is 2. The lowest BCUT2D eigenvalue weighted by Crippen LogP contribution is -2.79. The molecule has 3 heterocycles. The quantitative estimate of drug-likeness (QED) is 0.435. The first-order valence-corrected chi connectivity index (χ1v) is 8.54. The molecule has 3 saturated heterocycles. The van der Waals surface area contributed by atoms with Gasteiger partial charge in [-0.2, -0.15) is 0 Å². The van der Waals surface area contributed by atoms with E-state index in [-0.39, 0.29) is 13.5 Å². The lowest BCUT2D eigenvalue weighted by atomic mass is 9.72. The Morgan fingerprint density at radius 1 is 1.08 bits per heavy atom. The van der Waals surface area contributed by atoms with Gasteiger partial charge in [-0.1, -0.05) is 6.92 Å². The van der Waals surface area contributed by atoms with Crippen LogP contribution in [0.3, 0.4) is 0 Å². The van der Waals surface area contributed by atoms with E-state index in [1.807, 2.05) is 0 Å². The molecule has 0 saturated carbocycles. The van der Waals surface area contributed by atoms with E-state index in [0.717, 1.165) is 0 Å². The Hall–Kier alpha value is -1.30. The molecule has 0 aliphatic carbocycles. The molecule has 3 aliphatic heterocycles. The zero-order valence-electron chi connectivity index (χ0n) is 14.3. The van der Waals surface area contributed by atoms with Crippen LogP contribution in [0, 0.1) is 5.92 Å². The number of hydrogen-bond donors (Lipinski definition) is 4. The van der Waals surface area contributed by atoms with Gasteiger partial charge in [0.15, 0.2) is 0 Å². The summed E-state index contributed by atoms with van der Waals surface area (Å²) < 4.78 is 11.9. The highest BCUT2D eigenvalue weighted by Crippen LogP contribution is 2.35. The number of nitrogens with zero attached hydrogens (tertiary/aromatic N) is 2. The molecule has 142 valence electrons. The number of rotatable bonds is 4. The van der Waals surface area contributed by atoms with Gasteiger partial charge >= 0.3 is 6.03 Å². The summed E-state index contributed by atoms with van der Waals surface area (Å²) in [6.45, 7) is 4.13. The van der Waals surface area contributed by atoms with Gasteiger partial charge in [0.25, 0.3) is 0 Å². The summed E-state index contributed by atoms with van der Waals surface area (Å²) in [6, 6.07) is -0.586. The van der Waals surface area contributed by atoms with Gasteiger partial charge in [0.05, 0.1) is 44.8 Å². The molecule has 3 atom stereocenters. The Kier molecular flexibility index (Phi) is 5.56. The first-order chi connectivity index (χ1) is 12.0. The molecule has 0 spiro atoms. The summed E-state index contributed by atoms with van der Waals surface area (Å²) in [5, 5.41) is 24.2. The van der Waals surface area contributed by atoms with Crippen LogP contribution < -0.4 is 10.6 Å². The molecule has 25 heavy (non-hydrogen) atoms. The Morgan fingerprint density at radius 2 is 1.60 bits per heavy atom. The maximum absolute atomic E-state index is 12.4. The van der Waals surface area contributed by atoms with Crippen molar-refractivity contribution < 1.29 is 29.3 Å². The van der Waals surface area contributed by atoms with Gasteiger partial charge in [0.1, 0.15) is 5.54 Å². The SMILES string of the molecule is CC1C(=O)NC(=O)NC1(C1CN(CO)CCO1)C1CN(CO)CCO1. The molecular weight excluding hydrogens is 332 g/mol. The highest BCUT2D eigenvalue weighted by atomic mass is 16.5. The molecule has 4 N–H and O–H groups in total. The molecule has 3 fully saturated rings. The minimum atomic E-state index is -1.08. The number of aliphatic hydroxyl groups excluding tert-OH is 2. The van der Waals surface area contributed by atoms with Gasteiger partial charge in [-0.3, -0.25) is 19.9 Å². The lowest BCUT2D eigenvalue weighted by Gasteiger charge is -2.54. The first-order valence-electron chi connectivity index (χ1n) is 8.54. The number of carbonyl (C=O) groups is 2. The van der Waals surface area contributed by atoms with Crippen LogP contribution in [0.15, 0.2) is 0 Å². The van der Waals surface area contributed by atoms with E-state index in [4.69, 9.17) is 9.47 Å². The Labute approximate surface area is 146 Å². The minimum absolute atomic E-state index is 0.126. The second-order valence-corrected chi connectivity index (χ2v) is 6.75. The van der Waals surface area contributed by atoms with E-state index in [1.54, 1.807) is 16.7 Å². The smallest absolute Gasteiger partial charge is 0.322 e. The molecule has 0 aromatic rings. The second kappa shape index (κ2) is 7.52. The van der Waals surface area contributed by atoms with Gasteiger partial charge in [0, 0.05) is 26.2 Å². The molecule has 0 aromatic heterocycles. The molecule has 0 aromatic carbocycles. The van der Waals surface area contributed by atoms with Crippen LogP contribution in [-0.4, -0.2) is 103 Å². The van der Waals surface area contributed by atoms with Crippen molar-refractivity contribution in [1.82, 2.24) is 20.4 Å². The first kappa shape index (κ1) is 18.5. The molecule has 0 radical (unpaired) electrons. The fraction of sp³-hybridized carbons (Fsp3) is 0.867. The van der Waals surface area contributed by atoms with Crippen LogP contribution in [0.1, 0.15) is 6.92 Å². The third-order valence-electron chi connectivity index (χ3n) is 5.44. The summed E-state index contributed by atoms with van der Waals surface area (Å²) in [4.78, 5) is 28.1. The molecular formula is C15H26N4O6. The average molecular weight is 358 g/mol. The van der Waals surface area contributed by atoms with Crippen LogP contribution in [-0.2, 0) is 14.3 Å². The fourth-order valence-corrected chi connectivity index (χ4v) is 3.94. The van der Waals surface area contributed by atoms with E-state index in [2.05, 4.69) is 10.6 Å². The van der Waals surface area contributed by atoms with E-state index in [0.29, 0.717) is 39.4 Å². The van der Waals surface area contributed by atoms with Gasteiger partial charge in [-0.25, -0.2) is 4.79 Å². The van der Waals surface area contributed by atoms with Crippen LogP contribution in [0.2, 0.25) is 0 Å². The molecule has 3 aliphatic rings. The van der Waals surface area contributed by atoms with Crippen LogP contribution in [0.4, 0.5) is 4.79 Å². The zero-order chi connectivity index (χ0) is 18.0. The van der Waals surface area contributed by atoms with E-state index in [1.165, 1.54) is 0 Å². The number of imide groups is 1. The van der Waals surface area contributed by atoms with Crippen LogP contribution in [0.25, 0.3) is 0 Å². The zero-order valence-corrected chi connectivity index (χ0v) is 14.3. The number of ether oxygens (including phenoxy) is 2. The number of morpholine rings is 2. The van der Waals surface area contributed by atoms with Crippen molar-refractivity contribution in [2.45, 2.75) is 24.7 Å².